The van der Waals surface area contributed by atoms with Gasteiger partial charge in [-0.2, -0.15) is 0 Å². The highest BCUT2D eigenvalue weighted by Crippen LogP contribution is 2.15. The Morgan fingerprint density at radius 3 is 2.44 bits per heavy atom. The zero-order chi connectivity index (χ0) is 27.6. The van der Waals surface area contributed by atoms with Crippen molar-refractivity contribution < 1.29 is 14.5 Å². The molecule has 0 saturated carbocycles. The molecule has 4 rings (SSSR count). The number of ether oxygens (including phenoxy) is 1. The molecule has 2 bridgehead atoms. The van der Waals surface area contributed by atoms with Gasteiger partial charge in [0.2, 0.25) is 0 Å². The van der Waals surface area contributed by atoms with Crippen LogP contribution in [0.4, 0.5) is 5.69 Å². The van der Waals surface area contributed by atoms with E-state index in [1.165, 1.54) is 7.11 Å². The van der Waals surface area contributed by atoms with Gasteiger partial charge in [-0.3, -0.25) is 15.0 Å². The van der Waals surface area contributed by atoms with E-state index in [0.717, 1.165) is 103 Å². The molecule has 1 aromatic heterocycles. The maximum absolute atomic E-state index is 11.9. The number of fused-ring (bicyclic) bond motifs is 3. The van der Waals surface area contributed by atoms with Gasteiger partial charge in [0.15, 0.2) is 0 Å². The molecule has 0 aliphatic carbocycles. The zero-order valence-electron chi connectivity index (χ0n) is 23.3. The first-order valence-electron chi connectivity index (χ1n) is 14.1. The fraction of sp³-hybridized carbons (Fsp3) is 0.586. The van der Waals surface area contributed by atoms with Gasteiger partial charge in [0.1, 0.15) is 5.69 Å². The lowest BCUT2D eigenvalue weighted by molar-refractivity contribution is -0.384. The highest BCUT2D eigenvalue weighted by atomic mass is 16.6. The number of pyridine rings is 1. The van der Waals surface area contributed by atoms with Crippen molar-refractivity contribution >= 4 is 11.7 Å². The number of esters is 1. The molecule has 2 aliphatic heterocycles. The average molecular weight is 539 g/mol. The highest BCUT2D eigenvalue weighted by Gasteiger charge is 2.21. The Bertz CT molecular complexity index is 1080. The van der Waals surface area contributed by atoms with Gasteiger partial charge < -0.3 is 19.4 Å². The SMILES string of the molecule is COC(=O)c1cccc(CN2CCCN3CCN(CCc4ccc([N+](=O)[O-])cc4)C[C@H](C)CN(CC3)CC2)n1. The molecular weight excluding hydrogens is 496 g/mol. The van der Waals surface area contributed by atoms with E-state index >= 15 is 0 Å². The number of hydrogen-bond donors (Lipinski definition) is 0. The number of benzene rings is 1. The third-order valence-corrected chi connectivity index (χ3v) is 7.74. The molecule has 0 radical (unpaired) electrons. The molecule has 212 valence electrons. The van der Waals surface area contributed by atoms with Crippen molar-refractivity contribution in [2.45, 2.75) is 26.3 Å². The van der Waals surface area contributed by atoms with E-state index in [2.05, 4.69) is 31.5 Å². The number of rotatable bonds is 7. The minimum absolute atomic E-state index is 0.146. The van der Waals surface area contributed by atoms with Crippen LogP contribution in [0.15, 0.2) is 42.5 Å². The maximum atomic E-state index is 11.9. The summed E-state index contributed by atoms with van der Waals surface area (Å²) in [5.41, 5.74) is 2.55. The van der Waals surface area contributed by atoms with Crippen LogP contribution < -0.4 is 0 Å². The summed E-state index contributed by atoms with van der Waals surface area (Å²) >= 11 is 0. The van der Waals surface area contributed by atoms with Crippen LogP contribution in [-0.2, 0) is 17.7 Å². The molecule has 2 fully saturated rings. The maximum Gasteiger partial charge on any atom is 0.356 e. The van der Waals surface area contributed by atoms with Crippen LogP contribution in [0.25, 0.3) is 0 Å². The van der Waals surface area contributed by atoms with E-state index in [4.69, 9.17) is 4.74 Å². The van der Waals surface area contributed by atoms with Gasteiger partial charge in [-0.25, -0.2) is 9.78 Å². The van der Waals surface area contributed by atoms with Crippen LogP contribution in [-0.4, -0.2) is 115 Å². The Kier molecular flexibility index (Phi) is 10.8. The summed E-state index contributed by atoms with van der Waals surface area (Å²) in [7, 11) is 1.38. The number of nitrogens with zero attached hydrogens (tertiary/aromatic N) is 6. The molecule has 2 unspecified atom stereocenters. The summed E-state index contributed by atoms with van der Waals surface area (Å²) in [4.78, 5) is 37.3. The lowest BCUT2D eigenvalue weighted by atomic mass is 10.1. The molecular formula is C29H42N6O4. The van der Waals surface area contributed by atoms with E-state index in [0.29, 0.717) is 11.6 Å². The van der Waals surface area contributed by atoms with Crippen LogP contribution in [0.2, 0.25) is 0 Å². The van der Waals surface area contributed by atoms with Crippen LogP contribution in [0.1, 0.15) is 35.1 Å². The third-order valence-electron chi connectivity index (χ3n) is 7.74. The minimum atomic E-state index is -0.398. The topological polar surface area (TPSA) is 95.3 Å². The van der Waals surface area contributed by atoms with Crippen molar-refractivity contribution in [3.8, 4) is 0 Å². The van der Waals surface area contributed by atoms with E-state index in [9.17, 15) is 14.9 Å². The quantitative estimate of drug-likeness (QED) is 0.300. The molecule has 3 heterocycles. The normalized spacial score (nSPS) is 23.7. The Morgan fingerprint density at radius 1 is 0.949 bits per heavy atom. The van der Waals surface area contributed by atoms with Crippen molar-refractivity contribution in [3.63, 3.8) is 0 Å². The number of aromatic nitrogens is 1. The van der Waals surface area contributed by atoms with E-state index in [1.807, 2.05) is 24.3 Å². The number of nitro benzene ring substituents is 1. The summed E-state index contributed by atoms with van der Waals surface area (Å²) in [5, 5.41) is 11.0. The van der Waals surface area contributed by atoms with Gasteiger partial charge in [0.25, 0.3) is 5.69 Å². The molecule has 1 aromatic carbocycles. The third kappa shape index (κ3) is 9.06. The molecule has 2 aliphatic rings. The zero-order valence-corrected chi connectivity index (χ0v) is 23.3. The summed E-state index contributed by atoms with van der Waals surface area (Å²) in [6.07, 6.45) is 1.99. The summed E-state index contributed by atoms with van der Waals surface area (Å²) in [6.45, 7) is 14.4. The molecule has 3 atom stereocenters. The summed E-state index contributed by atoms with van der Waals surface area (Å²) in [5.74, 6) is 0.146. The first kappa shape index (κ1) is 29.1. The number of hydrogen-bond acceptors (Lipinski definition) is 9. The van der Waals surface area contributed by atoms with Crippen molar-refractivity contribution in [2.24, 2.45) is 5.92 Å². The molecule has 0 amide bonds. The van der Waals surface area contributed by atoms with Gasteiger partial charge >= 0.3 is 5.97 Å². The molecule has 2 saturated heterocycles. The Hall–Kier alpha value is -2.92. The monoisotopic (exact) mass is 538 g/mol. The number of carbonyl (C=O) groups excluding carboxylic acids is 1. The predicted octanol–water partition coefficient (Wildman–Crippen LogP) is 2.78. The predicted molar refractivity (Wildman–Crippen MR) is 151 cm³/mol. The van der Waals surface area contributed by atoms with E-state index in [1.54, 1.807) is 18.2 Å². The van der Waals surface area contributed by atoms with E-state index < -0.39 is 5.97 Å². The standard InChI is InChI=1S/C29H42N6O4/c1-24-21-33(14-11-25-7-9-27(10-8-25)35(37)38)17-15-31-12-4-13-32(19-20-34(22-24)18-16-31)23-26-5-3-6-28(30-26)29(36)39-2/h3,5-10,24H,4,11-23H2,1-2H3/t24-/m0/s1. The Morgan fingerprint density at radius 2 is 1.67 bits per heavy atom. The number of carbonyl (C=O) groups is 1. The molecule has 0 N–H and O–H groups in total. The second-order valence-electron chi connectivity index (χ2n) is 10.9. The summed E-state index contributed by atoms with van der Waals surface area (Å²) in [6, 6.07) is 12.5. The lowest BCUT2D eigenvalue weighted by Gasteiger charge is -2.37. The first-order valence-corrected chi connectivity index (χ1v) is 14.1. The van der Waals surface area contributed by atoms with E-state index in [-0.39, 0.29) is 10.6 Å². The second kappa shape index (κ2) is 14.5. The van der Waals surface area contributed by atoms with Crippen LogP contribution in [0.5, 0.6) is 0 Å². The van der Waals surface area contributed by atoms with Crippen molar-refractivity contribution in [3.05, 3.63) is 69.5 Å². The number of non-ortho nitro benzene ring substituents is 1. The molecule has 2 aromatic rings. The van der Waals surface area contributed by atoms with Crippen LogP contribution >= 0.6 is 0 Å². The van der Waals surface area contributed by atoms with Gasteiger partial charge in [-0.05, 0) is 49.5 Å². The smallest absolute Gasteiger partial charge is 0.356 e. The average Bonchev–Trinajstić information content (AvgIpc) is 2.94. The first-order chi connectivity index (χ1) is 18.9. The molecule has 10 nitrogen and oxygen atoms in total. The Labute approximate surface area is 231 Å². The minimum Gasteiger partial charge on any atom is -0.464 e. The largest absolute Gasteiger partial charge is 0.464 e. The van der Waals surface area contributed by atoms with Crippen LogP contribution in [0.3, 0.4) is 0 Å². The summed E-state index contributed by atoms with van der Waals surface area (Å²) < 4.78 is 4.84. The molecule has 39 heavy (non-hydrogen) atoms. The van der Waals surface area contributed by atoms with Crippen molar-refractivity contribution in [1.29, 1.82) is 0 Å². The highest BCUT2D eigenvalue weighted by molar-refractivity contribution is 5.87. The molecule has 10 heteroatoms. The Balaban J connectivity index is 1.35. The van der Waals surface area contributed by atoms with Gasteiger partial charge in [-0.1, -0.05) is 25.1 Å². The fourth-order valence-corrected chi connectivity index (χ4v) is 5.59. The van der Waals surface area contributed by atoms with Crippen LogP contribution in [0, 0.1) is 16.0 Å². The van der Waals surface area contributed by atoms with Crippen molar-refractivity contribution in [1.82, 2.24) is 24.6 Å². The van der Waals surface area contributed by atoms with Crippen molar-refractivity contribution in [2.75, 3.05) is 79.1 Å². The number of nitro groups is 1. The lowest BCUT2D eigenvalue weighted by Crippen LogP contribution is -2.48. The second-order valence-corrected chi connectivity index (χ2v) is 10.9. The van der Waals surface area contributed by atoms with Gasteiger partial charge in [0.05, 0.1) is 17.7 Å². The van der Waals surface area contributed by atoms with Gasteiger partial charge in [-0.15, -0.1) is 0 Å². The molecule has 0 spiro atoms. The number of methoxy groups -OCH3 is 1. The van der Waals surface area contributed by atoms with Gasteiger partial charge in [0, 0.05) is 77.6 Å². The fourth-order valence-electron chi connectivity index (χ4n) is 5.59.